The number of nitrogens with two attached hydrogens (primary N) is 1. The van der Waals surface area contributed by atoms with Crippen molar-refractivity contribution in [3.05, 3.63) is 23.8 Å². The number of carbonyl (C=O) groups excluding carboxylic acids is 1. The van der Waals surface area contributed by atoms with Crippen molar-refractivity contribution >= 4 is 5.91 Å². The standard InChI is InChI=1S/C18H26N2O3/c1-18(2,13-6-7-15-16(9-13)23-11-22-15)10-20-17(21)12-4-3-5-14(19)8-12/h6-7,9,12,14H,3-5,8,10-11,19H2,1-2H3,(H,20,21). The van der Waals surface area contributed by atoms with Crippen LogP contribution in [0.25, 0.3) is 0 Å². The molecule has 3 N–H and O–H groups in total. The first-order chi connectivity index (χ1) is 11.0. The van der Waals surface area contributed by atoms with E-state index in [1.165, 1.54) is 0 Å². The molecule has 0 aromatic heterocycles. The average Bonchev–Trinajstić information content (AvgIpc) is 3.00. The van der Waals surface area contributed by atoms with Crippen molar-refractivity contribution in [2.75, 3.05) is 13.3 Å². The van der Waals surface area contributed by atoms with Crippen LogP contribution in [0.4, 0.5) is 0 Å². The van der Waals surface area contributed by atoms with Crippen LogP contribution in [0.15, 0.2) is 18.2 Å². The molecule has 126 valence electrons. The molecular weight excluding hydrogens is 292 g/mol. The summed E-state index contributed by atoms with van der Waals surface area (Å²) in [6.45, 7) is 5.12. The van der Waals surface area contributed by atoms with Gasteiger partial charge in [-0.3, -0.25) is 4.79 Å². The van der Waals surface area contributed by atoms with Crippen LogP contribution in [0.5, 0.6) is 11.5 Å². The van der Waals surface area contributed by atoms with Crippen molar-refractivity contribution < 1.29 is 14.3 Å². The van der Waals surface area contributed by atoms with E-state index in [0.29, 0.717) is 6.54 Å². The first-order valence-corrected chi connectivity index (χ1v) is 8.39. The molecule has 1 aromatic rings. The molecule has 3 rings (SSSR count). The summed E-state index contributed by atoms with van der Waals surface area (Å²) in [5.74, 6) is 1.75. The predicted molar refractivity (Wildman–Crippen MR) is 88.5 cm³/mol. The van der Waals surface area contributed by atoms with Gasteiger partial charge in [0, 0.05) is 23.9 Å². The molecule has 0 bridgehead atoms. The number of benzene rings is 1. The Hall–Kier alpha value is -1.75. The summed E-state index contributed by atoms with van der Waals surface area (Å²) in [7, 11) is 0. The van der Waals surface area contributed by atoms with Gasteiger partial charge in [0.25, 0.3) is 0 Å². The number of rotatable bonds is 4. The van der Waals surface area contributed by atoms with Crippen LogP contribution in [0.3, 0.4) is 0 Å². The van der Waals surface area contributed by atoms with Gasteiger partial charge in [-0.05, 0) is 37.0 Å². The first-order valence-electron chi connectivity index (χ1n) is 8.39. The maximum atomic E-state index is 12.4. The topological polar surface area (TPSA) is 73.6 Å². The third-order valence-corrected chi connectivity index (χ3v) is 4.94. The lowest BCUT2D eigenvalue weighted by Crippen LogP contribution is -2.42. The minimum Gasteiger partial charge on any atom is -0.454 e. The van der Waals surface area contributed by atoms with Crippen LogP contribution in [-0.4, -0.2) is 25.3 Å². The normalized spacial score (nSPS) is 23.6. The van der Waals surface area contributed by atoms with Gasteiger partial charge in [-0.15, -0.1) is 0 Å². The maximum absolute atomic E-state index is 12.4. The van der Waals surface area contributed by atoms with Gasteiger partial charge in [0.2, 0.25) is 12.7 Å². The quantitative estimate of drug-likeness (QED) is 0.893. The first kappa shape index (κ1) is 16.1. The predicted octanol–water partition coefficient (Wildman–Crippen LogP) is 2.33. The molecule has 0 spiro atoms. The molecular formula is C18H26N2O3. The zero-order chi connectivity index (χ0) is 16.4. The van der Waals surface area contributed by atoms with Crippen molar-refractivity contribution in [3.63, 3.8) is 0 Å². The molecule has 1 fully saturated rings. The van der Waals surface area contributed by atoms with E-state index in [1.807, 2.05) is 18.2 Å². The number of fused-ring (bicyclic) bond motifs is 1. The summed E-state index contributed by atoms with van der Waals surface area (Å²) in [6.07, 6.45) is 3.83. The van der Waals surface area contributed by atoms with E-state index < -0.39 is 0 Å². The number of nitrogens with one attached hydrogen (secondary N) is 1. The highest BCUT2D eigenvalue weighted by atomic mass is 16.7. The van der Waals surface area contributed by atoms with Gasteiger partial charge in [0.05, 0.1) is 0 Å². The number of hydrogen-bond acceptors (Lipinski definition) is 4. The molecule has 0 radical (unpaired) electrons. The fourth-order valence-electron chi connectivity index (χ4n) is 3.34. The number of amides is 1. The second kappa shape index (κ2) is 6.40. The molecule has 1 aliphatic heterocycles. The zero-order valence-corrected chi connectivity index (χ0v) is 13.9. The molecule has 1 aromatic carbocycles. The van der Waals surface area contributed by atoms with Crippen LogP contribution in [-0.2, 0) is 10.2 Å². The van der Waals surface area contributed by atoms with Gasteiger partial charge in [-0.2, -0.15) is 0 Å². The molecule has 5 nitrogen and oxygen atoms in total. The Kier molecular flexibility index (Phi) is 4.48. The lowest BCUT2D eigenvalue weighted by molar-refractivity contribution is -0.126. The van der Waals surface area contributed by atoms with E-state index in [4.69, 9.17) is 15.2 Å². The van der Waals surface area contributed by atoms with Gasteiger partial charge >= 0.3 is 0 Å². The van der Waals surface area contributed by atoms with Crippen molar-refractivity contribution in [3.8, 4) is 11.5 Å². The van der Waals surface area contributed by atoms with Crippen molar-refractivity contribution in [2.45, 2.75) is 51.0 Å². The largest absolute Gasteiger partial charge is 0.454 e. The molecule has 1 amide bonds. The average molecular weight is 318 g/mol. The molecule has 2 atom stereocenters. The number of hydrogen-bond donors (Lipinski definition) is 2. The van der Waals surface area contributed by atoms with Crippen molar-refractivity contribution in [1.29, 1.82) is 0 Å². The Bertz CT molecular complexity index is 586. The Balaban J connectivity index is 1.61. The highest BCUT2D eigenvalue weighted by Gasteiger charge is 2.28. The van der Waals surface area contributed by atoms with E-state index in [2.05, 4.69) is 19.2 Å². The van der Waals surface area contributed by atoms with Gasteiger partial charge in [0.15, 0.2) is 11.5 Å². The monoisotopic (exact) mass is 318 g/mol. The van der Waals surface area contributed by atoms with E-state index in [1.54, 1.807) is 0 Å². The van der Waals surface area contributed by atoms with Crippen LogP contribution in [0.1, 0.15) is 45.1 Å². The van der Waals surface area contributed by atoms with Crippen molar-refractivity contribution in [2.24, 2.45) is 11.7 Å². The Morgan fingerprint density at radius 2 is 2.09 bits per heavy atom. The molecule has 2 unspecified atom stereocenters. The summed E-state index contributed by atoms with van der Waals surface area (Å²) in [4.78, 5) is 12.4. The lowest BCUT2D eigenvalue weighted by Gasteiger charge is -2.29. The SMILES string of the molecule is CC(C)(CNC(=O)C1CCCC(N)C1)c1ccc2c(c1)OCO2. The molecule has 1 aliphatic carbocycles. The summed E-state index contributed by atoms with van der Waals surface area (Å²) in [5, 5.41) is 3.11. The third-order valence-electron chi connectivity index (χ3n) is 4.94. The van der Waals surface area contributed by atoms with E-state index in [-0.39, 0.29) is 30.1 Å². The Labute approximate surface area is 137 Å². The fourth-order valence-corrected chi connectivity index (χ4v) is 3.34. The van der Waals surface area contributed by atoms with Crippen LogP contribution < -0.4 is 20.5 Å². The molecule has 1 heterocycles. The van der Waals surface area contributed by atoms with Gasteiger partial charge in [0.1, 0.15) is 0 Å². The van der Waals surface area contributed by atoms with Crippen LogP contribution in [0.2, 0.25) is 0 Å². The molecule has 0 saturated heterocycles. The van der Waals surface area contributed by atoms with E-state index in [0.717, 1.165) is 42.7 Å². The van der Waals surface area contributed by atoms with Gasteiger partial charge in [-0.1, -0.05) is 26.3 Å². The third kappa shape index (κ3) is 3.61. The second-order valence-electron chi connectivity index (χ2n) is 7.29. The maximum Gasteiger partial charge on any atom is 0.231 e. The molecule has 1 saturated carbocycles. The van der Waals surface area contributed by atoms with E-state index >= 15 is 0 Å². The molecule has 23 heavy (non-hydrogen) atoms. The smallest absolute Gasteiger partial charge is 0.231 e. The van der Waals surface area contributed by atoms with Gasteiger partial charge in [-0.25, -0.2) is 0 Å². The summed E-state index contributed by atoms with van der Waals surface area (Å²) in [5.41, 5.74) is 6.94. The highest BCUT2D eigenvalue weighted by molar-refractivity contribution is 5.78. The second-order valence-corrected chi connectivity index (χ2v) is 7.29. The summed E-state index contributed by atoms with van der Waals surface area (Å²) >= 11 is 0. The Morgan fingerprint density at radius 3 is 2.87 bits per heavy atom. The Morgan fingerprint density at radius 1 is 1.30 bits per heavy atom. The minimum atomic E-state index is -0.173. The molecule has 2 aliphatic rings. The van der Waals surface area contributed by atoms with Crippen molar-refractivity contribution in [1.82, 2.24) is 5.32 Å². The van der Waals surface area contributed by atoms with E-state index in [9.17, 15) is 4.79 Å². The van der Waals surface area contributed by atoms with Gasteiger partial charge < -0.3 is 20.5 Å². The highest BCUT2D eigenvalue weighted by Crippen LogP contribution is 2.36. The number of carbonyl (C=O) groups is 1. The van der Waals surface area contributed by atoms with Crippen LogP contribution in [0, 0.1) is 5.92 Å². The minimum absolute atomic E-state index is 0.0614. The number of ether oxygens (including phenoxy) is 2. The molecule has 5 heteroatoms. The lowest BCUT2D eigenvalue weighted by atomic mass is 9.83. The zero-order valence-electron chi connectivity index (χ0n) is 13.9. The fraction of sp³-hybridized carbons (Fsp3) is 0.611. The summed E-state index contributed by atoms with van der Waals surface area (Å²) in [6, 6.07) is 6.14. The van der Waals surface area contributed by atoms with Crippen LogP contribution >= 0.6 is 0 Å². The summed E-state index contributed by atoms with van der Waals surface area (Å²) < 4.78 is 10.8.